The van der Waals surface area contributed by atoms with Gasteiger partial charge >= 0.3 is 0 Å². The maximum absolute atomic E-state index is 5.99. The summed E-state index contributed by atoms with van der Waals surface area (Å²) in [5.74, 6) is 1.64. The van der Waals surface area contributed by atoms with Crippen molar-refractivity contribution in [1.82, 2.24) is 9.88 Å². The Balaban J connectivity index is 1.53. The third kappa shape index (κ3) is 3.00. The average Bonchev–Trinajstić information content (AvgIpc) is 3.26. The Hall–Kier alpha value is -2.39. The number of hydrogen-bond acceptors (Lipinski definition) is 3. The van der Waals surface area contributed by atoms with Gasteiger partial charge in [0.05, 0.1) is 12.7 Å². The van der Waals surface area contributed by atoms with Gasteiger partial charge in [-0.1, -0.05) is 54.6 Å². The second kappa shape index (κ2) is 6.62. The lowest BCUT2D eigenvalue weighted by molar-refractivity contribution is 0.224. The minimum Gasteiger partial charge on any atom is -0.439 e. The molecule has 0 saturated carbocycles. The molecule has 24 heavy (non-hydrogen) atoms. The summed E-state index contributed by atoms with van der Waals surface area (Å²) in [6, 6.07) is 19.3. The van der Waals surface area contributed by atoms with Crippen molar-refractivity contribution in [1.29, 1.82) is 0 Å². The Labute approximate surface area is 143 Å². The minimum atomic E-state index is 0.471. The van der Waals surface area contributed by atoms with Gasteiger partial charge in [0.15, 0.2) is 5.76 Å². The van der Waals surface area contributed by atoms with Crippen LogP contribution in [0, 0.1) is 6.92 Å². The van der Waals surface area contributed by atoms with E-state index < -0.39 is 0 Å². The monoisotopic (exact) mass is 318 g/mol. The minimum absolute atomic E-state index is 0.471. The number of aromatic nitrogens is 1. The highest BCUT2D eigenvalue weighted by molar-refractivity contribution is 5.55. The predicted octanol–water partition coefficient (Wildman–Crippen LogP) is 4.99. The lowest BCUT2D eigenvalue weighted by atomic mass is 9.99. The Morgan fingerprint density at radius 2 is 1.88 bits per heavy atom. The van der Waals surface area contributed by atoms with Crippen LogP contribution < -0.4 is 0 Å². The van der Waals surface area contributed by atoms with Crippen LogP contribution >= 0.6 is 0 Å². The molecule has 1 fully saturated rings. The lowest BCUT2D eigenvalue weighted by Crippen LogP contribution is -2.23. The quantitative estimate of drug-likeness (QED) is 0.679. The third-order valence-corrected chi connectivity index (χ3v) is 4.86. The van der Waals surface area contributed by atoms with Crippen molar-refractivity contribution >= 4 is 0 Å². The summed E-state index contributed by atoms with van der Waals surface area (Å²) in [4.78, 5) is 6.99. The first kappa shape index (κ1) is 15.2. The first-order chi connectivity index (χ1) is 11.8. The number of benzene rings is 2. The molecule has 3 aromatic rings. The summed E-state index contributed by atoms with van der Waals surface area (Å²) in [5.41, 5.74) is 3.88. The van der Waals surface area contributed by atoms with E-state index in [1.807, 2.05) is 24.4 Å². The number of hydrogen-bond donors (Lipinski definition) is 0. The van der Waals surface area contributed by atoms with E-state index in [9.17, 15) is 0 Å². The zero-order valence-corrected chi connectivity index (χ0v) is 14.0. The Morgan fingerprint density at radius 1 is 1.08 bits per heavy atom. The molecule has 4 rings (SSSR count). The smallest absolute Gasteiger partial charge is 0.209 e. The van der Waals surface area contributed by atoms with E-state index in [4.69, 9.17) is 4.42 Å². The molecule has 0 amide bonds. The summed E-state index contributed by atoms with van der Waals surface area (Å²) >= 11 is 0. The van der Waals surface area contributed by atoms with Crippen LogP contribution in [-0.4, -0.2) is 16.4 Å². The second-order valence-corrected chi connectivity index (χ2v) is 6.47. The molecule has 2 heterocycles. The van der Waals surface area contributed by atoms with Gasteiger partial charge in [0.2, 0.25) is 5.89 Å². The lowest BCUT2D eigenvalue weighted by Gasteiger charge is -2.24. The number of oxazole rings is 1. The van der Waals surface area contributed by atoms with Crippen molar-refractivity contribution in [3.63, 3.8) is 0 Å². The highest BCUT2D eigenvalue weighted by atomic mass is 16.4. The molecule has 2 aromatic carbocycles. The zero-order valence-electron chi connectivity index (χ0n) is 14.0. The van der Waals surface area contributed by atoms with Crippen LogP contribution in [0.4, 0.5) is 0 Å². The molecule has 1 atom stereocenters. The summed E-state index contributed by atoms with van der Waals surface area (Å²) in [6.07, 6.45) is 4.27. The molecule has 0 N–H and O–H groups in total. The molecule has 1 aliphatic rings. The van der Waals surface area contributed by atoms with Gasteiger partial charge in [0.1, 0.15) is 0 Å². The van der Waals surface area contributed by atoms with E-state index in [2.05, 4.69) is 53.2 Å². The van der Waals surface area contributed by atoms with Gasteiger partial charge in [-0.2, -0.15) is 0 Å². The Morgan fingerprint density at radius 3 is 2.71 bits per heavy atom. The summed E-state index contributed by atoms with van der Waals surface area (Å²) in [5, 5.41) is 0. The largest absolute Gasteiger partial charge is 0.439 e. The third-order valence-electron chi connectivity index (χ3n) is 4.86. The van der Waals surface area contributed by atoms with E-state index in [-0.39, 0.29) is 0 Å². The molecule has 3 heteroatoms. The molecule has 1 aliphatic heterocycles. The van der Waals surface area contributed by atoms with Crippen LogP contribution in [0.25, 0.3) is 11.3 Å². The van der Waals surface area contributed by atoms with Crippen LogP contribution in [0.3, 0.4) is 0 Å². The molecule has 0 radical (unpaired) electrons. The molecular weight excluding hydrogens is 296 g/mol. The highest BCUT2D eigenvalue weighted by Gasteiger charge is 2.28. The first-order valence-electron chi connectivity index (χ1n) is 8.61. The topological polar surface area (TPSA) is 29.3 Å². The van der Waals surface area contributed by atoms with Gasteiger partial charge in [-0.15, -0.1) is 0 Å². The first-order valence-corrected chi connectivity index (χ1v) is 8.61. The van der Waals surface area contributed by atoms with Crippen molar-refractivity contribution in [2.24, 2.45) is 0 Å². The maximum Gasteiger partial charge on any atom is 0.209 e. The van der Waals surface area contributed by atoms with Crippen molar-refractivity contribution < 1.29 is 4.42 Å². The number of nitrogens with zero attached hydrogens (tertiary/aromatic N) is 2. The van der Waals surface area contributed by atoms with Crippen LogP contribution in [0.2, 0.25) is 0 Å². The summed E-state index contributed by atoms with van der Waals surface area (Å²) in [6.45, 7) is 4.07. The average molecular weight is 318 g/mol. The van der Waals surface area contributed by atoms with Crippen molar-refractivity contribution in [2.45, 2.75) is 32.4 Å². The van der Waals surface area contributed by atoms with E-state index in [1.54, 1.807) is 0 Å². The van der Waals surface area contributed by atoms with Crippen LogP contribution in [0.5, 0.6) is 0 Å². The van der Waals surface area contributed by atoms with Gasteiger partial charge in [-0.05, 0) is 37.4 Å². The molecule has 0 aliphatic carbocycles. The molecular formula is C21H22N2O. The predicted molar refractivity (Wildman–Crippen MR) is 95.5 cm³/mol. The van der Waals surface area contributed by atoms with Crippen LogP contribution in [-0.2, 0) is 6.54 Å². The summed E-state index contributed by atoms with van der Waals surface area (Å²) < 4.78 is 5.99. The molecule has 122 valence electrons. The molecule has 3 nitrogen and oxygen atoms in total. The van der Waals surface area contributed by atoms with E-state index in [1.165, 1.54) is 24.0 Å². The van der Waals surface area contributed by atoms with Gasteiger partial charge in [-0.25, -0.2) is 4.98 Å². The Bertz CT molecular complexity index is 809. The molecule has 0 bridgehead atoms. The number of likely N-dealkylation sites (tertiary alicyclic amines) is 1. The fraction of sp³-hybridized carbons (Fsp3) is 0.286. The number of aryl methyl sites for hydroxylation is 1. The highest BCUT2D eigenvalue weighted by Crippen LogP contribution is 2.34. The van der Waals surface area contributed by atoms with Crippen LogP contribution in [0.15, 0.2) is 65.2 Å². The molecule has 0 spiro atoms. The van der Waals surface area contributed by atoms with Crippen LogP contribution in [0.1, 0.15) is 35.9 Å². The Kier molecular flexibility index (Phi) is 4.18. The maximum atomic E-state index is 5.99. The van der Waals surface area contributed by atoms with Gasteiger partial charge in [-0.3, -0.25) is 4.90 Å². The fourth-order valence-corrected chi connectivity index (χ4v) is 3.62. The van der Waals surface area contributed by atoms with E-state index in [0.29, 0.717) is 6.04 Å². The van der Waals surface area contributed by atoms with Crippen molar-refractivity contribution in [3.8, 4) is 11.3 Å². The van der Waals surface area contributed by atoms with Gasteiger partial charge in [0.25, 0.3) is 0 Å². The van der Waals surface area contributed by atoms with Crippen molar-refractivity contribution in [2.75, 3.05) is 6.54 Å². The second-order valence-electron chi connectivity index (χ2n) is 6.47. The summed E-state index contributed by atoms with van der Waals surface area (Å²) in [7, 11) is 0. The van der Waals surface area contributed by atoms with Gasteiger partial charge in [0, 0.05) is 11.6 Å². The fourth-order valence-electron chi connectivity index (χ4n) is 3.62. The van der Waals surface area contributed by atoms with Gasteiger partial charge < -0.3 is 4.42 Å². The number of rotatable bonds is 4. The zero-order chi connectivity index (χ0) is 16.4. The molecule has 1 aromatic heterocycles. The standard InChI is InChI=1S/C21H22N2O/c1-16-8-5-6-11-18(16)19-12-7-13-23(19)15-21-22-14-20(24-21)17-9-3-2-4-10-17/h2-6,8-11,14,19H,7,12-13,15H2,1H3/t19-/m1/s1. The van der Waals surface area contributed by atoms with E-state index in [0.717, 1.165) is 30.3 Å². The van der Waals surface area contributed by atoms with E-state index >= 15 is 0 Å². The SMILES string of the molecule is Cc1ccccc1[C@H]1CCCN1Cc1ncc(-c2ccccc2)o1. The molecule has 1 saturated heterocycles. The molecule has 0 unspecified atom stereocenters. The van der Waals surface area contributed by atoms with Crippen molar-refractivity contribution in [3.05, 3.63) is 77.8 Å². The normalized spacial score (nSPS) is 18.1.